The zero-order valence-electron chi connectivity index (χ0n) is 11.5. The van der Waals surface area contributed by atoms with Crippen LogP contribution in [0, 0.1) is 0 Å². The van der Waals surface area contributed by atoms with Gasteiger partial charge in [-0.1, -0.05) is 18.2 Å². The molecule has 0 saturated heterocycles. The second-order valence-corrected chi connectivity index (χ2v) is 5.73. The van der Waals surface area contributed by atoms with Gasteiger partial charge in [-0.05, 0) is 29.8 Å². The van der Waals surface area contributed by atoms with Gasteiger partial charge in [-0.3, -0.25) is 4.98 Å². The van der Waals surface area contributed by atoms with E-state index in [0.717, 1.165) is 22.3 Å². The van der Waals surface area contributed by atoms with E-state index in [1.807, 2.05) is 18.2 Å². The lowest BCUT2D eigenvalue weighted by Crippen LogP contribution is -1.95. The van der Waals surface area contributed by atoms with Crippen molar-refractivity contribution in [3.05, 3.63) is 61.1 Å². The Hall–Kier alpha value is -2.73. The van der Waals surface area contributed by atoms with E-state index in [4.69, 9.17) is 5.73 Å². The summed E-state index contributed by atoms with van der Waals surface area (Å²) in [7, 11) is -2.57. The summed E-state index contributed by atoms with van der Waals surface area (Å²) in [6.45, 7) is 0. The molecule has 0 atom stereocenters. The molecule has 2 aromatic heterocycles. The van der Waals surface area contributed by atoms with Crippen LogP contribution in [0.15, 0.2) is 66.0 Å². The second kappa shape index (κ2) is 5.95. The van der Waals surface area contributed by atoms with Crippen LogP contribution in [0.2, 0.25) is 0 Å². The van der Waals surface area contributed by atoms with Crippen LogP contribution >= 0.6 is 0 Å². The standard InChI is InChI=1S/C16H13N3O2S/c17-16-15(12-2-1-7-18-9-12)8-13(10-19-16)11-3-5-14(6-4-11)22(20)21/h1-10,22H,(H2,17,19). The predicted molar refractivity (Wildman–Crippen MR) is 85.9 cm³/mol. The second-order valence-electron chi connectivity index (χ2n) is 4.70. The first kappa shape index (κ1) is 14.2. The lowest BCUT2D eigenvalue weighted by atomic mass is 10.0. The van der Waals surface area contributed by atoms with Crippen LogP contribution in [0.4, 0.5) is 5.82 Å². The zero-order chi connectivity index (χ0) is 15.5. The van der Waals surface area contributed by atoms with Gasteiger partial charge in [0.25, 0.3) is 0 Å². The predicted octanol–water partition coefficient (Wildman–Crippen LogP) is 2.36. The number of hydrogen-bond donors (Lipinski definition) is 2. The van der Waals surface area contributed by atoms with E-state index in [1.165, 1.54) is 0 Å². The van der Waals surface area contributed by atoms with Gasteiger partial charge in [-0.25, -0.2) is 13.4 Å². The molecule has 3 aromatic rings. The summed E-state index contributed by atoms with van der Waals surface area (Å²) < 4.78 is 21.9. The molecule has 110 valence electrons. The lowest BCUT2D eigenvalue weighted by molar-refractivity contribution is 0.614. The van der Waals surface area contributed by atoms with Crippen LogP contribution in [-0.4, -0.2) is 18.4 Å². The lowest BCUT2D eigenvalue weighted by Gasteiger charge is -2.08. The van der Waals surface area contributed by atoms with E-state index >= 15 is 0 Å². The molecule has 2 heterocycles. The van der Waals surface area contributed by atoms with Gasteiger partial charge in [-0.2, -0.15) is 0 Å². The summed E-state index contributed by atoms with van der Waals surface area (Å²) in [4.78, 5) is 8.59. The first-order chi connectivity index (χ1) is 10.6. The molecule has 1 aromatic carbocycles. The van der Waals surface area contributed by atoms with Gasteiger partial charge in [0, 0.05) is 35.3 Å². The van der Waals surface area contributed by atoms with E-state index in [1.54, 1.807) is 42.9 Å². The Kier molecular flexibility index (Phi) is 3.84. The Morgan fingerprint density at radius 1 is 0.909 bits per heavy atom. The molecule has 0 saturated carbocycles. The molecule has 0 spiro atoms. The van der Waals surface area contributed by atoms with Gasteiger partial charge >= 0.3 is 0 Å². The fraction of sp³-hybridized carbons (Fsp3) is 0. The van der Waals surface area contributed by atoms with Gasteiger partial charge in [0.15, 0.2) is 10.7 Å². The molecule has 6 heteroatoms. The molecule has 22 heavy (non-hydrogen) atoms. The first-order valence-electron chi connectivity index (χ1n) is 6.56. The van der Waals surface area contributed by atoms with Crippen molar-refractivity contribution in [3.63, 3.8) is 0 Å². The normalized spacial score (nSPS) is 10.8. The molecular weight excluding hydrogens is 298 g/mol. The highest BCUT2D eigenvalue weighted by molar-refractivity contribution is 7.72. The number of nitrogens with zero attached hydrogens (tertiary/aromatic N) is 2. The SMILES string of the molecule is Nc1ncc(-c2ccc([SH](=O)=O)cc2)cc1-c1cccnc1. The molecule has 0 radical (unpaired) electrons. The third-order valence-corrected chi connectivity index (χ3v) is 4.02. The molecule has 2 N–H and O–H groups in total. The number of nitrogen functional groups attached to an aromatic ring is 1. The van der Waals surface area contributed by atoms with E-state index in [2.05, 4.69) is 9.97 Å². The van der Waals surface area contributed by atoms with Crippen LogP contribution in [-0.2, 0) is 10.7 Å². The largest absolute Gasteiger partial charge is 0.383 e. The zero-order valence-corrected chi connectivity index (χ0v) is 12.4. The van der Waals surface area contributed by atoms with Crippen molar-refractivity contribution in [2.75, 3.05) is 5.73 Å². The van der Waals surface area contributed by atoms with Crippen molar-refractivity contribution in [2.45, 2.75) is 4.90 Å². The maximum Gasteiger partial charge on any atom is 0.168 e. The fourth-order valence-electron chi connectivity index (χ4n) is 2.16. The number of benzene rings is 1. The van der Waals surface area contributed by atoms with Crippen LogP contribution in [0.5, 0.6) is 0 Å². The average Bonchev–Trinajstić information content (AvgIpc) is 2.56. The molecule has 5 nitrogen and oxygen atoms in total. The highest BCUT2D eigenvalue weighted by atomic mass is 32.2. The summed E-state index contributed by atoms with van der Waals surface area (Å²) in [5.74, 6) is 0.427. The summed E-state index contributed by atoms with van der Waals surface area (Å²) in [6.07, 6.45) is 5.09. The van der Waals surface area contributed by atoms with Crippen molar-refractivity contribution in [1.29, 1.82) is 0 Å². The van der Waals surface area contributed by atoms with Crippen molar-refractivity contribution in [3.8, 4) is 22.3 Å². The molecular formula is C16H13N3O2S. The van der Waals surface area contributed by atoms with E-state index in [0.29, 0.717) is 5.82 Å². The molecule has 0 aliphatic carbocycles. The molecule has 3 rings (SSSR count). The summed E-state index contributed by atoms with van der Waals surface area (Å²) in [5.41, 5.74) is 9.36. The minimum Gasteiger partial charge on any atom is -0.383 e. The number of pyridine rings is 2. The third kappa shape index (κ3) is 2.82. The monoisotopic (exact) mass is 311 g/mol. The van der Waals surface area contributed by atoms with Crippen LogP contribution in [0.1, 0.15) is 0 Å². The van der Waals surface area contributed by atoms with Gasteiger partial charge in [0.2, 0.25) is 0 Å². The van der Waals surface area contributed by atoms with Crippen molar-refractivity contribution in [1.82, 2.24) is 9.97 Å². The maximum atomic E-state index is 10.9. The van der Waals surface area contributed by atoms with Crippen LogP contribution < -0.4 is 5.73 Å². The Morgan fingerprint density at radius 2 is 1.68 bits per heavy atom. The Bertz CT molecular complexity index is 868. The molecule has 0 aliphatic rings. The topological polar surface area (TPSA) is 85.9 Å². The van der Waals surface area contributed by atoms with Crippen molar-refractivity contribution >= 4 is 16.5 Å². The summed E-state index contributed by atoms with van der Waals surface area (Å²) in [5, 5.41) is 0. The number of aromatic nitrogens is 2. The highest BCUT2D eigenvalue weighted by Crippen LogP contribution is 2.29. The van der Waals surface area contributed by atoms with E-state index in [-0.39, 0.29) is 4.90 Å². The number of anilines is 1. The smallest absolute Gasteiger partial charge is 0.168 e. The number of nitrogens with two attached hydrogens (primary N) is 1. The van der Waals surface area contributed by atoms with Gasteiger partial charge < -0.3 is 5.73 Å². The summed E-state index contributed by atoms with van der Waals surface area (Å²) >= 11 is 0. The number of hydrogen-bond acceptors (Lipinski definition) is 5. The van der Waals surface area contributed by atoms with Gasteiger partial charge in [0.05, 0.1) is 4.90 Å². The number of thiol groups is 1. The number of rotatable bonds is 3. The first-order valence-corrected chi connectivity index (χ1v) is 7.73. The maximum absolute atomic E-state index is 10.9. The van der Waals surface area contributed by atoms with Crippen molar-refractivity contribution in [2.24, 2.45) is 0 Å². The third-order valence-electron chi connectivity index (χ3n) is 3.30. The quantitative estimate of drug-likeness (QED) is 0.725. The molecule has 0 bridgehead atoms. The van der Waals surface area contributed by atoms with Crippen molar-refractivity contribution < 1.29 is 8.42 Å². The Balaban J connectivity index is 2.05. The molecule has 0 aliphatic heterocycles. The Labute approximate surface area is 129 Å². The average molecular weight is 311 g/mol. The molecule has 0 unspecified atom stereocenters. The Morgan fingerprint density at radius 3 is 2.32 bits per heavy atom. The summed E-state index contributed by atoms with van der Waals surface area (Å²) in [6, 6.07) is 12.3. The van der Waals surface area contributed by atoms with Gasteiger partial charge in [0.1, 0.15) is 5.82 Å². The molecule has 0 fully saturated rings. The van der Waals surface area contributed by atoms with E-state index < -0.39 is 10.7 Å². The van der Waals surface area contributed by atoms with E-state index in [9.17, 15) is 8.42 Å². The minimum atomic E-state index is -2.57. The van der Waals surface area contributed by atoms with Crippen LogP contribution in [0.3, 0.4) is 0 Å². The minimum absolute atomic E-state index is 0.287. The van der Waals surface area contributed by atoms with Crippen LogP contribution in [0.25, 0.3) is 22.3 Å². The fourth-order valence-corrected chi connectivity index (χ4v) is 2.55. The van der Waals surface area contributed by atoms with Gasteiger partial charge in [-0.15, -0.1) is 0 Å². The molecule has 0 amide bonds. The highest BCUT2D eigenvalue weighted by Gasteiger charge is 2.07.